The molecule has 2 N–H and O–H groups in total. The normalized spacial score (nSPS) is 14.1. The van der Waals surface area contributed by atoms with E-state index in [0.717, 1.165) is 22.9 Å². The van der Waals surface area contributed by atoms with Crippen LogP contribution in [0, 0.1) is 0 Å². The minimum absolute atomic E-state index is 0.413. The number of hydrogen-bond acceptors (Lipinski definition) is 2. The maximum absolute atomic E-state index is 6.61. The number of aromatic nitrogens is 1. The molecule has 0 spiro atoms. The van der Waals surface area contributed by atoms with E-state index in [-0.39, 0.29) is 0 Å². The molecular weight excluding hydrogens is 244 g/mol. The van der Waals surface area contributed by atoms with E-state index < -0.39 is 5.54 Å². The van der Waals surface area contributed by atoms with Gasteiger partial charge < -0.3 is 5.73 Å². The SMILES string of the molecule is CC(N)(Cc1ccccc1)c1cccc2ncccc12. The van der Waals surface area contributed by atoms with Crippen LogP contribution >= 0.6 is 0 Å². The first-order valence-corrected chi connectivity index (χ1v) is 6.84. The van der Waals surface area contributed by atoms with Crippen LogP contribution in [0.3, 0.4) is 0 Å². The van der Waals surface area contributed by atoms with Crippen LogP contribution in [-0.2, 0) is 12.0 Å². The molecule has 2 nitrogen and oxygen atoms in total. The summed E-state index contributed by atoms with van der Waals surface area (Å²) in [5.41, 5.74) is 9.58. The average molecular weight is 262 g/mol. The van der Waals surface area contributed by atoms with Gasteiger partial charge in [0.2, 0.25) is 0 Å². The third-order valence-corrected chi connectivity index (χ3v) is 3.68. The van der Waals surface area contributed by atoms with Gasteiger partial charge in [-0.15, -0.1) is 0 Å². The van der Waals surface area contributed by atoms with Crippen LogP contribution in [0.15, 0.2) is 66.9 Å². The van der Waals surface area contributed by atoms with Gasteiger partial charge in [-0.25, -0.2) is 0 Å². The smallest absolute Gasteiger partial charge is 0.0705 e. The molecule has 100 valence electrons. The average Bonchev–Trinajstić information content (AvgIpc) is 2.47. The Morgan fingerprint density at radius 3 is 2.55 bits per heavy atom. The molecule has 0 aliphatic heterocycles. The van der Waals surface area contributed by atoms with Gasteiger partial charge in [0.25, 0.3) is 0 Å². The van der Waals surface area contributed by atoms with Gasteiger partial charge in [-0.3, -0.25) is 4.98 Å². The summed E-state index contributed by atoms with van der Waals surface area (Å²) in [6.45, 7) is 2.09. The summed E-state index contributed by atoms with van der Waals surface area (Å²) in [5.74, 6) is 0. The summed E-state index contributed by atoms with van der Waals surface area (Å²) in [7, 11) is 0. The van der Waals surface area contributed by atoms with Gasteiger partial charge >= 0.3 is 0 Å². The van der Waals surface area contributed by atoms with Gasteiger partial charge in [0, 0.05) is 17.1 Å². The Hall–Kier alpha value is -2.19. The van der Waals surface area contributed by atoms with E-state index in [1.54, 1.807) is 0 Å². The molecular formula is C18H18N2. The Bertz CT molecular complexity index is 712. The first-order chi connectivity index (χ1) is 9.67. The number of fused-ring (bicyclic) bond motifs is 1. The van der Waals surface area contributed by atoms with Crippen molar-refractivity contribution in [1.82, 2.24) is 4.98 Å². The van der Waals surface area contributed by atoms with Crippen molar-refractivity contribution >= 4 is 10.9 Å². The van der Waals surface area contributed by atoms with Crippen LogP contribution in [0.25, 0.3) is 10.9 Å². The van der Waals surface area contributed by atoms with Gasteiger partial charge in [0.1, 0.15) is 0 Å². The van der Waals surface area contributed by atoms with Crippen LogP contribution in [0.2, 0.25) is 0 Å². The second-order valence-corrected chi connectivity index (χ2v) is 5.46. The molecule has 0 fully saturated rings. The topological polar surface area (TPSA) is 38.9 Å². The van der Waals surface area contributed by atoms with E-state index in [1.807, 2.05) is 30.5 Å². The Balaban J connectivity index is 2.05. The van der Waals surface area contributed by atoms with E-state index in [4.69, 9.17) is 5.73 Å². The van der Waals surface area contributed by atoms with Crippen LogP contribution in [0.5, 0.6) is 0 Å². The molecule has 1 aromatic heterocycles. The fraction of sp³-hybridized carbons (Fsp3) is 0.167. The van der Waals surface area contributed by atoms with Gasteiger partial charge in [0.05, 0.1) is 5.52 Å². The van der Waals surface area contributed by atoms with Crippen molar-refractivity contribution in [3.8, 4) is 0 Å². The van der Waals surface area contributed by atoms with Gasteiger partial charge in [-0.2, -0.15) is 0 Å². The third kappa shape index (κ3) is 2.43. The van der Waals surface area contributed by atoms with Crippen molar-refractivity contribution < 1.29 is 0 Å². The highest BCUT2D eigenvalue weighted by Gasteiger charge is 2.23. The van der Waals surface area contributed by atoms with Gasteiger partial charge in [0.15, 0.2) is 0 Å². The molecule has 1 unspecified atom stereocenters. The predicted octanol–water partition coefficient (Wildman–Crippen LogP) is 3.65. The lowest BCUT2D eigenvalue weighted by molar-refractivity contribution is 0.496. The Morgan fingerprint density at radius 1 is 0.950 bits per heavy atom. The number of nitrogens with zero attached hydrogens (tertiary/aromatic N) is 1. The molecule has 1 heterocycles. The van der Waals surface area contributed by atoms with E-state index in [2.05, 4.69) is 48.3 Å². The zero-order valence-electron chi connectivity index (χ0n) is 11.6. The quantitative estimate of drug-likeness (QED) is 0.782. The van der Waals surface area contributed by atoms with Crippen molar-refractivity contribution in [2.45, 2.75) is 18.9 Å². The lowest BCUT2D eigenvalue weighted by Crippen LogP contribution is -2.35. The van der Waals surface area contributed by atoms with Crippen LogP contribution in [0.1, 0.15) is 18.1 Å². The van der Waals surface area contributed by atoms with Crippen molar-refractivity contribution in [3.05, 3.63) is 78.0 Å². The largest absolute Gasteiger partial charge is 0.321 e. The summed E-state index contributed by atoms with van der Waals surface area (Å²) in [5, 5.41) is 1.14. The lowest BCUT2D eigenvalue weighted by Gasteiger charge is -2.27. The van der Waals surface area contributed by atoms with Crippen LogP contribution < -0.4 is 5.73 Å². The molecule has 0 amide bonds. The van der Waals surface area contributed by atoms with Crippen molar-refractivity contribution in [3.63, 3.8) is 0 Å². The van der Waals surface area contributed by atoms with Crippen LogP contribution in [-0.4, -0.2) is 4.98 Å². The zero-order chi connectivity index (χ0) is 14.0. The molecule has 3 rings (SSSR count). The summed E-state index contributed by atoms with van der Waals surface area (Å²) >= 11 is 0. The first-order valence-electron chi connectivity index (χ1n) is 6.84. The van der Waals surface area contributed by atoms with E-state index in [9.17, 15) is 0 Å². The summed E-state index contributed by atoms with van der Waals surface area (Å²) < 4.78 is 0. The Kier molecular flexibility index (Phi) is 3.25. The number of nitrogens with two attached hydrogens (primary N) is 1. The molecule has 0 saturated carbocycles. The Morgan fingerprint density at radius 2 is 1.75 bits per heavy atom. The number of benzene rings is 2. The zero-order valence-corrected chi connectivity index (χ0v) is 11.6. The predicted molar refractivity (Wildman–Crippen MR) is 83.4 cm³/mol. The maximum Gasteiger partial charge on any atom is 0.0705 e. The fourth-order valence-corrected chi connectivity index (χ4v) is 2.72. The monoisotopic (exact) mass is 262 g/mol. The van der Waals surface area contributed by atoms with Gasteiger partial charge in [-0.05, 0) is 36.6 Å². The minimum atomic E-state index is -0.413. The summed E-state index contributed by atoms with van der Waals surface area (Å²) in [4.78, 5) is 4.41. The highest BCUT2D eigenvalue weighted by Crippen LogP contribution is 2.28. The second kappa shape index (κ2) is 5.06. The molecule has 0 aliphatic carbocycles. The van der Waals surface area contributed by atoms with E-state index in [1.165, 1.54) is 5.56 Å². The van der Waals surface area contributed by atoms with Gasteiger partial charge in [-0.1, -0.05) is 48.5 Å². The molecule has 0 aliphatic rings. The van der Waals surface area contributed by atoms with Crippen LogP contribution in [0.4, 0.5) is 0 Å². The molecule has 20 heavy (non-hydrogen) atoms. The molecule has 2 aromatic carbocycles. The number of hydrogen-bond donors (Lipinski definition) is 1. The van der Waals surface area contributed by atoms with E-state index in [0.29, 0.717) is 0 Å². The standard InChI is InChI=1S/C18H18N2/c1-18(19,13-14-7-3-2-4-8-14)16-10-5-11-17-15(16)9-6-12-20-17/h2-12H,13,19H2,1H3. The molecule has 0 radical (unpaired) electrons. The summed E-state index contributed by atoms with van der Waals surface area (Å²) in [6, 6.07) is 20.6. The minimum Gasteiger partial charge on any atom is -0.321 e. The highest BCUT2D eigenvalue weighted by atomic mass is 14.7. The lowest BCUT2D eigenvalue weighted by atomic mass is 9.84. The highest BCUT2D eigenvalue weighted by molar-refractivity contribution is 5.83. The first kappa shape index (κ1) is 12.8. The molecule has 1 atom stereocenters. The maximum atomic E-state index is 6.61. The third-order valence-electron chi connectivity index (χ3n) is 3.68. The second-order valence-electron chi connectivity index (χ2n) is 5.46. The molecule has 0 saturated heterocycles. The fourth-order valence-electron chi connectivity index (χ4n) is 2.72. The Labute approximate surface area is 119 Å². The number of rotatable bonds is 3. The van der Waals surface area contributed by atoms with Crippen molar-refractivity contribution in [2.75, 3.05) is 0 Å². The molecule has 2 heteroatoms. The van der Waals surface area contributed by atoms with E-state index >= 15 is 0 Å². The summed E-state index contributed by atoms with van der Waals surface area (Å²) in [6.07, 6.45) is 2.62. The molecule has 0 bridgehead atoms. The van der Waals surface area contributed by atoms with Crippen molar-refractivity contribution in [2.24, 2.45) is 5.73 Å². The van der Waals surface area contributed by atoms with Crippen molar-refractivity contribution in [1.29, 1.82) is 0 Å². The number of pyridine rings is 1. The molecule has 3 aromatic rings.